The molecule has 1 aliphatic rings. The Kier molecular flexibility index (Phi) is 4.03. The molecule has 0 amide bonds. The van der Waals surface area contributed by atoms with Crippen molar-refractivity contribution in [3.05, 3.63) is 18.0 Å². The first-order valence-corrected chi connectivity index (χ1v) is 5.85. The molecule has 0 aromatic carbocycles. The second-order valence-electron chi connectivity index (χ2n) is 4.40. The Morgan fingerprint density at radius 1 is 1.53 bits per heavy atom. The molecule has 17 heavy (non-hydrogen) atoms. The van der Waals surface area contributed by atoms with E-state index in [1.165, 1.54) is 6.42 Å². The summed E-state index contributed by atoms with van der Waals surface area (Å²) in [6.07, 6.45) is 6.16. The van der Waals surface area contributed by atoms with Crippen molar-refractivity contribution in [1.29, 1.82) is 0 Å². The maximum absolute atomic E-state index is 10.5. The minimum Gasteiger partial charge on any atom is -0.381 e. The molecule has 1 atom stereocenters. The van der Waals surface area contributed by atoms with Crippen molar-refractivity contribution in [2.24, 2.45) is 5.92 Å². The van der Waals surface area contributed by atoms with E-state index >= 15 is 0 Å². The van der Waals surface area contributed by atoms with Crippen molar-refractivity contribution in [2.45, 2.75) is 12.8 Å². The standard InChI is InChI=1S/C12H17N3O2/c1-15(7-10-3-2-4-17-9-10)12-13-5-11(8-16)6-14-12/h5-6,8,10H,2-4,7,9H2,1H3. The zero-order valence-electron chi connectivity index (χ0n) is 10.0. The van der Waals surface area contributed by atoms with E-state index in [1.54, 1.807) is 12.4 Å². The molecule has 1 fully saturated rings. The van der Waals surface area contributed by atoms with Gasteiger partial charge < -0.3 is 9.64 Å². The summed E-state index contributed by atoms with van der Waals surface area (Å²) in [7, 11) is 1.96. The van der Waals surface area contributed by atoms with E-state index in [0.717, 1.165) is 32.5 Å². The molecule has 1 aromatic rings. The quantitative estimate of drug-likeness (QED) is 0.733. The average molecular weight is 235 g/mol. The van der Waals surface area contributed by atoms with E-state index in [4.69, 9.17) is 4.74 Å². The second-order valence-corrected chi connectivity index (χ2v) is 4.40. The van der Waals surface area contributed by atoms with Gasteiger partial charge in [0.15, 0.2) is 6.29 Å². The molecule has 5 nitrogen and oxygen atoms in total. The molecule has 2 rings (SSSR count). The molecular weight excluding hydrogens is 218 g/mol. The summed E-state index contributed by atoms with van der Waals surface area (Å²) in [6.45, 7) is 2.59. The van der Waals surface area contributed by atoms with Gasteiger partial charge in [0.1, 0.15) is 0 Å². The number of hydrogen-bond acceptors (Lipinski definition) is 5. The maximum atomic E-state index is 10.5. The van der Waals surface area contributed by atoms with Crippen LogP contribution in [0.3, 0.4) is 0 Å². The van der Waals surface area contributed by atoms with E-state index in [9.17, 15) is 4.79 Å². The summed E-state index contributed by atoms with van der Waals surface area (Å²) in [6, 6.07) is 0. The maximum Gasteiger partial charge on any atom is 0.225 e. The van der Waals surface area contributed by atoms with Crippen molar-refractivity contribution < 1.29 is 9.53 Å². The Hall–Kier alpha value is -1.49. The van der Waals surface area contributed by atoms with Crippen molar-refractivity contribution in [3.8, 4) is 0 Å². The number of carbonyl (C=O) groups is 1. The van der Waals surface area contributed by atoms with Crippen LogP contribution in [0.15, 0.2) is 12.4 Å². The van der Waals surface area contributed by atoms with Crippen molar-refractivity contribution in [1.82, 2.24) is 9.97 Å². The molecule has 0 radical (unpaired) electrons. The first kappa shape index (κ1) is 12.0. The highest BCUT2D eigenvalue weighted by atomic mass is 16.5. The third-order valence-corrected chi connectivity index (χ3v) is 2.92. The Balaban J connectivity index is 1.93. The Labute approximate surface area is 101 Å². The summed E-state index contributed by atoms with van der Waals surface area (Å²) >= 11 is 0. The topological polar surface area (TPSA) is 55.3 Å². The Morgan fingerprint density at radius 2 is 2.29 bits per heavy atom. The number of hydrogen-bond donors (Lipinski definition) is 0. The van der Waals surface area contributed by atoms with Crippen LogP contribution >= 0.6 is 0 Å². The predicted octanol–water partition coefficient (Wildman–Crippen LogP) is 1.15. The molecule has 0 saturated carbocycles. The molecular formula is C12H17N3O2. The molecule has 0 N–H and O–H groups in total. The fraction of sp³-hybridized carbons (Fsp3) is 0.583. The van der Waals surface area contributed by atoms with Crippen LogP contribution in [0.1, 0.15) is 23.2 Å². The van der Waals surface area contributed by atoms with Crippen molar-refractivity contribution in [2.75, 3.05) is 31.7 Å². The van der Waals surface area contributed by atoms with E-state index in [1.807, 2.05) is 11.9 Å². The number of nitrogens with zero attached hydrogens (tertiary/aromatic N) is 3. The highest BCUT2D eigenvalue weighted by Crippen LogP contribution is 2.16. The molecule has 92 valence electrons. The van der Waals surface area contributed by atoms with Gasteiger partial charge in [-0.15, -0.1) is 0 Å². The van der Waals surface area contributed by atoms with Crippen LogP contribution < -0.4 is 4.90 Å². The highest BCUT2D eigenvalue weighted by Gasteiger charge is 2.17. The van der Waals surface area contributed by atoms with E-state index in [2.05, 4.69) is 9.97 Å². The van der Waals surface area contributed by atoms with Crippen LogP contribution in [-0.2, 0) is 4.74 Å². The lowest BCUT2D eigenvalue weighted by Crippen LogP contribution is -2.31. The summed E-state index contributed by atoms with van der Waals surface area (Å²) in [4.78, 5) is 20.8. The monoisotopic (exact) mass is 235 g/mol. The lowest BCUT2D eigenvalue weighted by molar-refractivity contribution is 0.0575. The average Bonchev–Trinajstić information content (AvgIpc) is 2.40. The zero-order valence-corrected chi connectivity index (χ0v) is 10.0. The smallest absolute Gasteiger partial charge is 0.225 e. The van der Waals surface area contributed by atoms with Crippen LogP contribution in [0.25, 0.3) is 0 Å². The van der Waals surface area contributed by atoms with Gasteiger partial charge in [-0.2, -0.15) is 0 Å². The van der Waals surface area contributed by atoms with Gasteiger partial charge in [-0.25, -0.2) is 9.97 Å². The molecule has 1 aliphatic heterocycles. The van der Waals surface area contributed by atoms with Gasteiger partial charge in [-0.1, -0.05) is 0 Å². The Bertz CT molecular complexity index is 361. The number of aromatic nitrogens is 2. The van der Waals surface area contributed by atoms with Gasteiger partial charge in [-0.3, -0.25) is 4.79 Å². The first-order chi connectivity index (χ1) is 8.29. The lowest BCUT2D eigenvalue weighted by atomic mass is 10.0. The van der Waals surface area contributed by atoms with Gasteiger partial charge >= 0.3 is 0 Å². The molecule has 0 bridgehead atoms. The number of carbonyl (C=O) groups excluding carboxylic acids is 1. The van der Waals surface area contributed by atoms with Crippen LogP contribution in [0.2, 0.25) is 0 Å². The molecule has 0 spiro atoms. The molecule has 1 unspecified atom stereocenters. The molecule has 5 heteroatoms. The normalized spacial score (nSPS) is 19.9. The third-order valence-electron chi connectivity index (χ3n) is 2.92. The first-order valence-electron chi connectivity index (χ1n) is 5.85. The third kappa shape index (κ3) is 3.23. The molecule has 2 heterocycles. The molecule has 1 aromatic heterocycles. The van der Waals surface area contributed by atoms with Gasteiger partial charge in [0, 0.05) is 32.6 Å². The van der Waals surface area contributed by atoms with Gasteiger partial charge in [0.2, 0.25) is 5.95 Å². The summed E-state index contributed by atoms with van der Waals surface area (Å²) in [5, 5.41) is 0. The fourth-order valence-electron chi connectivity index (χ4n) is 2.01. The second kappa shape index (κ2) is 5.72. The number of rotatable bonds is 4. The van der Waals surface area contributed by atoms with Crippen LogP contribution in [0.5, 0.6) is 0 Å². The number of anilines is 1. The van der Waals surface area contributed by atoms with Gasteiger partial charge in [-0.05, 0) is 18.8 Å². The summed E-state index contributed by atoms with van der Waals surface area (Å²) < 4.78 is 5.44. The zero-order chi connectivity index (χ0) is 12.1. The Morgan fingerprint density at radius 3 is 2.88 bits per heavy atom. The summed E-state index contributed by atoms with van der Waals surface area (Å²) in [5.74, 6) is 1.20. The van der Waals surface area contributed by atoms with E-state index < -0.39 is 0 Å². The SMILES string of the molecule is CN(CC1CCCOC1)c1ncc(C=O)cn1. The number of ether oxygens (including phenoxy) is 1. The minimum absolute atomic E-state index is 0.503. The van der Waals surface area contributed by atoms with Crippen LogP contribution in [-0.4, -0.2) is 43.1 Å². The lowest BCUT2D eigenvalue weighted by Gasteiger charge is -2.27. The fourth-order valence-corrected chi connectivity index (χ4v) is 2.01. The van der Waals surface area contributed by atoms with Crippen molar-refractivity contribution in [3.63, 3.8) is 0 Å². The minimum atomic E-state index is 0.503. The number of aldehydes is 1. The van der Waals surface area contributed by atoms with Crippen molar-refractivity contribution >= 4 is 12.2 Å². The predicted molar refractivity (Wildman–Crippen MR) is 64.2 cm³/mol. The van der Waals surface area contributed by atoms with E-state index in [0.29, 0.717) is 17.4 Å². The van der Waals surface area contributed by atoms with Gasteiger partial charge in [0.05, 0.1) is 12.2 Å². The largest absolute Gasteiger partial charge is 0.381 e. The van der Waals surface area contributed by atoms with Crippen LogP contribution in [0, 0.1) is 5.92 Å². The van der Waals surface area contributed by atoms with Gasteiger partial charge in [0.25, 0.3) is 0 Å². The summed E-state index contributed by atoms with van der Waals surface area (Å²) in [5.41, 5.74) is 0.503. The highest BCUT2D eigenvalue weighted by molar-refractivity contribution is 5.73. The molecule has 1 saturated heterocycles. The molecule has 0 aliphatic carbocycles. The van der Waals surface area contributed by atoms with Crippen LogP contribution in [0.4, 0.5) is 5.95 Å². The van der Waals surface area contributed by atoms with E-state index in [-0.39, 0.29) is 0 Å².